The molecule has 0 radical (unpaired) electrons. The maximum Gasteiger partial charge on any atom is 0.125 e. The smallest absolute Gasteiger partial charge is 0.125 e. The number of anilines is 1. The third-order valence-electron chi connectivity index (χ3n) is 2.73. The van der Waals surface area contributed by atoms with Gasteiger partial charge in [-0.1, -0.05) is 37.6 Å². The molecule has 0 saturated carbocycles. The van der Waals surface area contributed by atoms with Crippen LogP contribution >= 0.6 is 0 Å². The highest BCUT2D eigenvalue weighted by Crippen LogP contribution is 2.31. The van der Waals surface area contributed by atoms with E-state index < -0.39 is 0 Å². The Morgan fingerprint density at radius 2 is 1.88 bits per heavy atom. The van der Waals surface area contributed by atoms with Gasteiger partial charge in [0.25, 0.3) is 0 Å². The minimum Gasteiger partial charge on any atom is -0.507 e. The topological polar surface area (TPSA) is 32.3 Å². The molecule has 0 atom stereocenters. The van der Waals surface area contributed by atoms with Crippen LogP contribution < -0.4 is 5.32 Å². The molecule has 0 amide bonds. The Labute approximate surface area is 95.9 Å². The molecule has 0 saturated heterocycles. The monoisotopic (exact) mass is 215 g/mol. The Balaban J connectivity index is 2.37. The van der Waals surface area contributed by atoms with Gasteiger partial charge >= 0.3 is 0 Å². The standard InChI is InChI=1S/C14H17NO/c1-2-3-10-15-12-8-4-6-11-7-5-9-13(16)14(11)12/h4-9,15-16H,2-3,10H2,1H3. The molecule has 0 bridgehead atoms. The van der Waals surface area contributed by atoms with E-state index in [0.717, 1.165) is 29.4 Å². The highest BCUT2D eigenvalue weighted by Gasteiger charge is 2.04. The summed E-state index contributed by atoms with van der Waals surface area (Å²) in [6.45, 7) is 3.12. The van der Waals surface area contributed by atoms with Gasteiger partial charge in [0.15, 0.2) is 0 Å². The number of phenolic OH excluding ortho intramolecular Hbond substituents is 1. The van der Waals surface area contributed by atoms with Gasteiger partial charge in [-0.2, -0.15) is 0 Å². The van der Waals surface area contributed by atoms with Gasteiger partial charge in [0, 0.05) is 17.6 Å². The summed E-state index contributed by atoms with van der Waals surface area (Å²) in [4.78, 5) is 0. The van der Waals surface area contributed by atoms with Crippen molar-refractivity contribution in [3.63, 3.8) is 0 Å². The average Bonchev–Trinajstić information content (AvgIpc) is 2.30. The summed E-state index contributed by atoms with van der Waals surface area (Å²) in [5.74, 6) is 0.345. The van der Waals surface area contributed by atoms with Crippen molar-refractivity contribution in [2.75, 3.05) is 11.9 Å². The maximum atomic E-state index is 9.87. The Kier molecular flexibility index (Phi) is 3.30. The van der Waals surface area contributed by atoms with Crippen LogP contribution in [0.4, 0.5) is 5.69 Å². The van der Waals surface area contributed by atoms with Crippen LogP contribution in [0.15, 0.2) is 36.4 Å². The molecule has 2 rings (SSSR count). The summed E-state index contributed by atoms with van der Waals surface area (Å²) < 4.78 is 0. The molecule has 0 heterocycles. The predicted molar refractivity (Wildman–Crippen MR) is 69.0 cm³/mol. The van der Waals surface area contributed by atoms with Crippen molar-refractivity contribution < 1.29 is 5.11 Å². The molecule has 2 nitrogen and oxygen atoms in total. The normalized spacial score (nSPS) is 10.6. The van der Waals surface area contributed by atoms with Gasteiger partial charge in [0.2, 0.25) is 0 Å². The van der Waals surface area contributed by atoms with E-state index >= 15 is 0 Å². The van der Waals surface area contributed by atoms with Gasteiger partial charge in [-0.15, -0.1) is 0 Å². The molecule has 0 aliphatic carbocycles. The van der Waals surface area contributed by atoms with Crippen molar-refractivity contribution >= 4 is 16.5 Å². The van der Waals surface area contributed by atoms with E-state index in [4.69, 9.17) is 0 Å². The maximum absolute atomic E-state index is 9.87. The minimum atomic E-state index is 0.345. The number of aromatic hydroxyl groups is 1. The number of rotatable bonds is 4. The Hall–Kier alpha value is -1.70. The van der Waals surface area contributed by atoms with Gasteiger partial charge in [0.1, 0.15) is 5.75 Å². The first-order valence-electron chi connectivity index (χ1n) is 5.77. The van der Waals surface area contributed by atoms with Crippen molar-refractivity contribution in [2.45, 2.75) is 19.8 Å². The fourth-order valence-corrected chi connectivity index (χ4v) is 1.87. The van der Waals surface area contributed by atoms with Crippen molar-refractivity contribution in [2.24, 2.45) is 0 Å². The van der Waals surface area contributed by atoms with E-state index in [0.29, 0.717) is 5.75 Å². The van der Waals surface area contributed by atoms with Crippen LogP contribution in [0, 0.1) is 0 Å². The zero-order valence-electron chi connectivity index (χ0n) is 9.53. The molecule has 2 N–H and O–H groups in total. The van der Waals surface area contributed by atoms with E-state index in [1.54, 1.807) is 6.07 Å². The van der Waals surface area contributed by atoms with Crippen molar-refractivity contribution in [1.82, 2.24) is 0 Å². The second-order valence-electron chi connectivity index (χ2n) is 3.96. The van der Waals surface area contributed by atoms with Crippen LogP contribution in [-0.4, -0.2) is 11.7 Å². The SMILES string of the molecule is CCCCNc1cccc2cccc(O)c12. The Morgan fingerprint density at radius 3 is 2.62 bits per heavy atom. The van der Waals surface area contributed by atoms with Gasteiger partial charge in [0.05, 0.1) is 0 Å². The molecule has 2 aromatic rings. The second kappa shape index (κ2) is 4.88. The molecule has 2 aromatic carbocycles. The molecule has 0 spiro atoms. The summed E-state index contributed by atoms with van der Waals surface area (Å²) in [6.07, 6.45) is 2.31. The zero-order chi connectivity index (χ0) is 11.4. The van der Waals surface area contributed by atoms with Crippen molar-refractivity contribution in [3.05, 3.63) is 36.4 Å². The molecule has 84 valence electrons. The van der Waals surface area contributed by atoms with E-state index in [1.807, 2.05) is 30.3 Å². The van der Waals surface area contributed by atoms with Crippen LogP contribution in [0.25, 0.3) is 10.8 Å². The number of unbranched alkanes of at least 4 members (excludes halogenated alkanes) is 1. The van der Waals surface area contributed by atoms with Crippen molar-refractivity contribution in [1.29, 1.82) is 0 Å². The van der Waals surface area contributed by atoms with Gasteiger partial charge in [-0.25, -0.2) is 0 Å². The van der Waals surface area contributed by atoms with Gasteiger partial charge in [-0.3, -0.25) is 0 Å². The molecule has 0 fully saturated rings. The van der Waals surface area contributed by atoms with Crippen LogP contribution in [-0.2, 0) is 0 Å². The molecule has 0 aliphatic rings. The number of hydrogen-bond acceptors (Lipinski definition) is 2. The first-order chi connectivity index (χ1) is 7.83. The van der Waals surface area contributed by atoms with E-state index in [-0.39, 0.29) is 0 Å². The summed E-state index contributed by atoms with van der Waals surface area (Å²) in [5, 5.41) is 15.2. The quantitative estimate of drug-likeness (QED) is 0.761. The zero-order valence-corrected chi connectivity index (χ0v) is 9.53. The molecular weight excluding hydrogens is 198 g/mol. The van der Waals surface area contributed by atoms with Crippen molar-refractivity contribution in [3.8, 4) is 5.75 Å². The van der Waals surface area contributed by atoms with Crippen LogP contribution in [0.5, 0.6) is 5.75 Å². The lowest BCUT2D eigenvalue weighted by Crippen LogP contribution is -2.01. The summed E-state index contributed by atoms with van der Waals surface area (Å²) >= 11 is 0. The minimum absolute atomic E-state index is 0.345. The Morgan fingerprint density at radius 1 is 1.12 bits per heavy atom. The van der Waals surface area contributed by atoms with E-state index in [1.165, 1.54) is 6.42 Å². The first kappa shape index (κ1) is 10.8. The third-order valence-corrected chi connectivity index (χ3v) is 2.73. The van der Waals surface area contributed by atoms with Gasteiger partial charge < -0.3 is 10.4 Å². The lowest BCUT2D eigenvalue weighted by Gasteiger charge is -2.10. The molecular formula is C14H17NO. The number of phenols is 1. The highest BCUT2D eigenvalue weighted by molar-refractivity contribution is 5.98. The lowest BCUT2D eigenvalue weighted by atomic mass is 10.1. The van der Waals surface area contributed by atoms with Crippen LogP contribution in [0.1, 0.15) is 19.8 Å². The van der Waals surface area contributed by atoms with E-state index in [9.17, 15) is 5.11 Å². The molecule has 0 unspecified atom stereocenters. The number of nitrogens with one attached hydrogen (secondary N) is 1. The first-order valence-corrected chi connectivity index (χ1v) is 5.77. The molecule has 2 heteroatoms. The van der Waals surface area contributed by atoms with Crippen LogP contribution in [0.3, 0.4) is 0 Å². The fourth-order valence-electron chi connectivity index (χ4n) is 1.87. The lowest BCUT2D eigenvalue weighted by molar-refractivity contribution is 0.482. The largest absolute Gasteiger partial charge is 0.507 e. The second-order valence-corrected chi connectivity index (χ2v) is 3.96. The Bertz CT molecular complexity index is 474. The number of fused-ring (bicyclic) bond motifs is 1. The summed E-state index contributed by atoms with van der Waals surface area (Å²) in [7, 11) is 0. The van der Waals surface area contributed by atoms with E-state index in [2.05, 4.69) is 12.2 Å². The molecule has 16 heavy (non-hydrogen) atoms. The molecule has 0 aromatic heterocycles. The summed E-state index contributed by atoms with van der Waals surface area (Å²) in [6, 6.07) is 11.6. The van der Waals surface area contributed by atoms with Gasteiger partial charge in [-0.05, 0) is 23.9 Å². The average molecular weight is 215 g/mol. The van der Waals surface area contributed by atoms with Crippen LogP contribution in [0.2, 0.25) is 0 Å². The number of hydrogen-bond donors (Lipinski definition) is 2. The third kappa shape index (κ3) is 2.11. The predicted octanol–water partition coefficient (Wildman–Crippen LogP) is 3.76. The summed E-state index contributed by atoms with van der Waals surface area (Å²) in [5.41, 5.74) is 1.02. The fraction of sp³-hybridized carbons (Fsp3) is 0.286. The highest BCUT2D eigenvalue weighted by atomic mass is 16.3. The number of benzene rings is 2. The molecule has 0 aliphatic heterocycles.